The Morgan fingerprint density at radius 2 is 1.87 bits per heavy atom. The second kappa shape index (κ2) is 14.2. The van der Waals surface area contributed by atoms with Crippen molar-refractivity contribution in [3.8, 4) is 0 Å². The molecule has 55 heavy (non-hydrogen) atoms. The maximum atomic E-state index is 14.8. The predicted molar refractivity (Wildman–Crippen MR) is 201 cm³/mol. The van der Waals surface area contributed by atoms with Crippen molar-refractivity contribution >= 4 is 38.9 Å². The fourth-order valence-electron chi connectivity index (χ4n) is 10.4. The Hall–Kier alpha value is -3.39. The first-order valence-corrected chi connectivity index (χ1v) is 20.8. The summed E-state index contributed by atoms with van der Waals surface area (Å²) in [5.74, 6) is 0.00614. The van der Waals surface area contributed by atoms with Crippen LogP contribution < -0.4 is 5.32 Å². The van der Waals surface area contributed by atoms with Crippen LogP contribution in [0.5, 0.6) is 0 Å². The van der Waals surface area contributed by atoms with Gasteiger partial charge in [-0.2, -0.15) is 0 Å². The molecule has 1 aromatic heterocycles. The third-order valence-electron chi connectivity index (χ3n) is 13.5. The lowest BCUT2D eigenvalue weighted by Crippen LogP contribution is -2.56. The Bertz CT molecular complexity index is 1980. The van der Waals surface area contributed by atoms with E-state index in [0.717, 1.165) is 54.4 Å². The van der Waals surface area contributed by atoms with Gasteiger partial charge in [-0.1, -0.05) is 36.4 Å². The van der Waals surface area contributed by atoms with Crippen molar-refractivity contribution in [2.75, 3.05) is 13.6 Å². The van der Waals surface area contributed by atoms with Crippen molar-refractivity contribution in [1.82, 2.24) is 15.1 Å². The van der Waals surface area contributed by atoms with Gasteiger partial charge in [-0.05, 0) is 92.5 Å². The number of carbonyl (C=O) groups is 2. The van der Waals surface area contributed by atoms with E-state index in [0.29, 0.717) is 48.5 Å². The van der Waals surface area contributed by atoms with E-state index in [4.69, 9.17) is 4.74 Å². The summed E-state index contributed by atoms with van der Waals surface area (Å²) >= 11 is 1.32. The van der Waals surface area contributed by atoms with Gasteiger partial charge in [0.25, 0.3) is 5.91 Å². The second-order valence-corrected chi connectivity index (χ2v) is 17.9. The molecule has 1 N–H and O–H groups in total. The van der Waals surface area contributed by atoms with E-state index in [2.05, 4.69) is 49.9 Å². The van der Waals surface area contributed by atoms with Gasteiger partial charge in [0.1, 0.15) is 31.6 Å². The molecule has 4 aliphatic heterocycles. The highest BCUT2D eigenvalue weighted by Crippen LogP contribution is 2.58. The molecule has 1 spiro atoms. The fraction of sp³-hybridized carbons (Fsp3) is 0.595. The van der Waals surface area contributed by atoms with Crippen LogP contribution in [0.3, 0.4) is 0 Å². The van der Waals surface area contributed by atoms with Crippen LogP contribution in [0.1, 0.15) is 110 Å². The van der Waals surface area contributed by atoms with Crippen LogP contribution in [0.25, 0.3) is 10.1 Å². The zero-order valence-corrected chi connectivity index (χ0v) is 32.1. The molecule has 1 unspecified atom stereocenters. The Labute approximate surface area is 322 Å². The molecule has 6 fully saturated rings. The van der Waals surface area contributed by atoms with E-state index in [1.807, 2.05) is 18.0 Å². The van der Waals surface area contributed by atoms with Crippen LogP contribution in [0.15, 0.2) is 54.6 Å². The number of ether oxygens (including phenoxy) is 2. The zero-order valence-electron chi connectivity index (χ0n) is 31.3. The standard InChI is InChI=1S/C42H48F4N4O4S/c1-24(43)26-8-15-35-27(18-26)19-36(55-35)38(51)47-33-13-10-29(48(2)30-9-12-32(21-30)54-42(44,45)46)20-31-11-14-34(50(31)39(33)52)37-40(53-37)49-23-28(22-41(49)16-17-41)25-6-4-3-5-7-25/h3-8,15,18-19,24,28-29,31-34,37,40H,9-14,16-17,20-23H2,1-2H3/p+1/t24-,28+,29-,31+,32-,33-,34-,37-,40?/m0/s1. The van der Waals surface area contributed by atoms with Gasteiger partial charge in [-0.15, -0.1) is 24.5 Å². The van der Waals surface area contributed by atoms with Crippen molar-refractivity contribution in [3.05, 3.63) is 70.6 Å². The Morgan fingerprint density at radius 1 is 1.07 bits per heavy atom. The summed E-state index contributed by atoms with van der Waals surface area (Å²) in [5.41, 5.74) is 2.99. The molecule has 8 nitrogen and oxygen atoms in total. The number of likely N-dealkylation sites (tertiary alicyclic amines) is 1. The van der Waals surface area contributed by atoms with Crippen LogP contribution in [-0.2, 0) is 14.3 Å². The zero-order chi connectivity index (χ0) is 38.2. The highest BCUT2D eigenvalue weighted by Gasteiger charge is 2.64. The first-order valence-electron chi connectivity index (χ1n) is 20.0. The predicted octanol–water partition coefficient (Wildman–Crippen LogP) is 7.86. The lowest BCUT2D eigenvalue weighted by Gasteiger charge is -2.37. The number of nitrogens with zero attached hydrogens (tertiary/aromatic N) is 3. The van der Waals surface area contributed by atoms with Crippen LogP contribution in [0.4, 0.5) is 17.6 Å². The number of halogens is 4. The van der Waals surface area contributed by atoms with Gasteiger partial charge >= 0.3 is 6.36 Å². The lowest BCUT2D eigenvalue weighted by atomic mass is 9.94. The van der Waals surface area contributed by atoms with Crippen LogP contribution in [-0.4, -0.2) is 100.0 Å². The maximum absolute atomic E-state index is 14.8. The number of alkyl halides is 4. The number of rotatable bonds is 8. The molecule has 3 aromatic rings. The minimum Gasteiger partial charge on any atom is -0.351 e. The molecule has 9 rings (SSSR count). The summed E-state index contributed by atoms with van der Waals surface area (Å²) in [7, 11) is 1.96. The van der Waals surface area contributed by atoms with Crippen molar-refractivity contribution in [2.45, 2.75) is 144 Å². The number of hydrogen-bond acceptors (Lipinski definition) is 6. The molecule has 0 bridgehead atoms. The van der Waals surface area contributed by atoms with Crippen molar-refractivity contribution < 1.29 is 41.2 Å². The Morgan fingerprint density at radius 3 is 2.62 bits per heavy atom. The smallest absolute Gasteiger partial charge is 0.351 e. The number of carbonyl (C=O) groups excluding carboxylic acids is 2. The van der Waals surface area contributed by atoms with Gasteiger partial charge in [0.2, 0.25) is 5.91 Å². The van der Waals surface area contributed by atoms with Gasteiger partial charge in [0, 0.05) is 42.1 Å². The molecule has 4 saturated heterocycles. The van der Waals surface area contributed by atoms with Crippen molar-refractivity contribution in [2.24, 2.45) is 0 Å². The second-order valence-electron chi connectivity index (χ2n) is 16.8. The van der Waals surface area contributed by atoms with Crippen molar-refractivity contribution in [1.29, 1.82) is 0 Å². The largest absolute Gasteiger partial charge is 0.522 e. The highest BCUT2D eigenvalue weighted by atomic mass is 32.1. The maximum Gasteiger partial charge on any atom is 0.522 e. The van der Waals surface area contributed by atoms with E-state index in [1.54, 1.807) is 18.2 Å². The topological polar surface area (TPSA) is 77.4 Å². The summed E-state index contributed by atoms with van der Waals surface area (Å²) in [4.78, 5) is 33.7. The number of benzene rings is 2. The highest BCUT2D eigenvalue weighted by molar-refractivity contribution is 7.20. The quantitative estimate of drug-likeness (QED) is 0.143. The third kappa shape index (κ3) is 7.34. The van der Waals surface area contributed by atoms with Gasteiger partial charge in [0.05, 0.1) is 23.4 Å². The van der Waals surface area contributed by atoms with E-state index in [9.17, 15) is 27.2 Å². The first-order chi connectivity index (χ1) is 26.4. The Kier molecular flexibility index (Phi) is 9.61. The average Bonchev–Trinajstić information content (AvgIpc) is 3.82. The van der Waals surface area contributed by atoms with E-state index in [-0.39, 0.29) is 54.2 Å². The molecule has 9 atom stereocenters. The monoisotopic (exact) mass is 781 g/mol. The van der Waals surface area contributed by atoms with Crippen molar-refractivity contribution in [3.63, 3.8) is 0 Å². The number of nitrogens with one attached hydrogen (secondary N) is 1. The van der Waals surface area contributed by atoms with E-state index in [1.165, 1.54) is 23.8 Å². The number of hydrogen-bond donors (Lipinski definition) is 1. The van der Waals surface area contributed by atoms with Crippen LogP contribution in [0, 0.1) is 0 Å². The SMILES string of the molecule is C[C@H](F)c1ccc2sc(C(=O)N[C@H]3CC[C@H]([N+](C)=C4CC[C@H](OC(F)(F)F)C4)C[C@H]4CC[C@@H]([C@@H]5OC5N5C[C@H](c6ccccc6)CC56CC6)N4C3=O)cc2c1. The molecular formula is C42H49F4N4O4S+. The Balaban J connectivity index is 0.966. The molecule has 2 saturated carbocycles. The van der Waals surface area contributed by atoms with Gasteiger partial charge in [0.15, 0.2) is 11.8 Å². The summed E-state index contributed by atoms with van der Waals surface area (Å²) < 4.78 is 67.3. The van der Waals surface area contributed by atoms with Gasteiger partial charge < -0.3 is 15.0 Å². The van der Waals surface area contributed by atoms with Crippen LogP contribution >= 0.6 is 11.3 Å². The van der Waals surface area contributed by atoms with Gasteiger partial charge in [-0.25, -0.2) is 8.97 Å². The number of epoxide rings is 1. The first kappa shape index (κ1) is 37.2. The molecule has 5 heterocycles. The molecular weight excluding hydrogens is 733 g/mol. The molecule has 2 amide bonds. The fourth-order valence-corrected chi connectivity index (χ4v) is 11.3. The lowest BCUT2D eigenvalue weighted by molar-refractivity contribution is -0.543. The number of thiophene rings is 1. The average molecular weight is 782 g/mol. The normalized spacial score (nSPS) is 33.4. The minimum absolute atomic E-state index is 0.0281. The summed E-state index contributed by atoms with van der Waals surface area (Å²) in [6.07, 6.45) is 0.869. The molecule has 6 aliphatic rings. The van der Waals surface area contributed by atoms with E-state index >= 15 is 0 Å². The van der Waals surface area contributed by atoms with Crippen LogP contribution in [0.2, 0.25) is 0 Å². The summed E-state index contributed by atoms with van der Waals surface area (Å²) in [5, 5.41) is 3.89. The molecule has 0 radical (unpaired) electrons. The number of amides is 2. The molecule has 2 aliphatic carbocycles. The molecule has 13 heteroatoms. The number of fused-ring (bicyclic) bond motifs is 2. The summed E-state index contributed by atoms with van der Waals surface area (Å²) in [6.45, 7) is 2.41. The summed E-state index contributed by atoms with van der Waals surface area (Å²) in [6, 6.07) is 16.7. The van der Waals surface area contributed by atoms with Gasteiger partial charge in [-0.3, -0.25) is 19.2 Å². The molecule has 294 valence electrons. The van der Waals surface area contributed by atoms with E-state index < -0.39 is 24.7 Å². The third-order valence-corrected chi connectivity index (χ3v) is 14.6. The minimum atomic E-state index is -4.67. The molecule has 2 aromatic carbocycles.